The zero-order valence-electron chi connectivity index (χ0n) is 37.6. The molecule has 1 aromatic heterocycles. The van der Waals surface area contributed by atoms with Crippen LogP contribution in [0.15, 0.2) is 48.7 Å². The molecule has 4 bridgehead atoms. The first kappa shape index (κ1) is 49.0. The summed E-state index contributed by atoms with van der Waals surface area (Å²) in [5, 5.41) is 13.7. The number of hydrogen-bond donors (Lipinski definition) is 1. The van der Waals surface area contributed by atoms with Gasteiger partial charge in [-0.25, -0.2) is 14.4 Å². The predicted molar refractivity (Wildman–Crippen MR) is 216 cm³/mol. The molecule has 4 aliphatic rings. The highest BCUT2D eigenvalue weighted by molar-refractivity contribution is 5.93. The maximum atomic E-state index is 15.1. The van der Waals surface area contributed by atoms with Gasteiger partial charge in [-0.2, -0.15) is 0 Å². The lowest BCUT2D eigenvalue weighted by atomic mass is 9.45. The van der Waals surface area contributed by atoms with Crippen molar-refractivity contribution in [1.82, 2.24) is 4.98 Å². The zero-order chi connectivity index (χ0) is 48.7. The molecule has 3 heterocycles. The molecular formula is C45H51NO20. The van der Waals surface area contributed by atoms with E-state index in [4.69, 9.17) is 47.4 Å². The van der Waals surface area contributed by atoms with Gasteiger partial charge in [-0.15, -0.1) is 0 Å². The maximum Gasteiger partial charge on any atom is 0.350 e. The highest BCUT2D eigenvalue weighted by Crippen LogP contribution is 2.70. The molecule has 3 fully saturated rings. The summed E-state index contributed by atoms with van der Waals surface area (Å²) in [5.74, 6) is -11.6. The second-order valence-corrected chi connectivity index (χ2v) is 17.3. The summed E-state index contributed by atoms with van der Waals surface area (Å²) in [6, 6.07) is 10.4. The number of ether oxygens (including phenoxy) is 10. The van der Waals surface area contributed by atoms with E-state index < -0.39 is 144 Å². The molecule has 1 N–H and O–H groups in total. The van der Waals surface area contributed by atoms with E-state index in [9.17, 15) is 43.5 Å². The average Bonchev–Trinajstić information content (AvgIpc) is 3.44. The Morgan fingerprint density at radius 2 is 1.29 bits per heavy atom. The van der Waals surface area contributed by atoms with Gasteiger partial charge < -0.3 is 52.5 Å². The third-order valence-corrected chi connectivity index (χ3v) is 12.5. The molecule has 66 heavy (non-hydrogen) atoms. The molecule has 356 valence electrons. The van der Waals surface area contributed by atoms with Gasteiger partial charge in [-0.1, -0.05) is 18.2 Å². The van der Waals surface area contributed by atoms with Crippen LogP contribution >= 0.6 is 0 Å². The van der Waals surface area contributed by atoms with Crippen molar-refractivity contribution in [2.75, 3.05) is 13.2 Å². The molecule has 2 aliphatic heterocycles. The van der Waals surface area contributed by atoms with E-state index in [-0.39, 0.29) is 23.2 Å². The number of fused-ring (bicyclic) bond motifs is 5. The van der Waals surface area contributed by atoms with E-state index in [2.05, 4.69) is 4.98 Å². The van der Waals surface area contributed by atoms with Gasteiger partial charge in [0.25, 0.3) is 0 Å². The molecule has 2 aliphatic carbocycles. The summed E-state index contributed by atoms with van der Waals surface area (Å²) in [4.78, 5) is 127. The minimum absolute atomic E-state index is 0.00555. The number of aliphatic hydroxyl groups is 1. The van der Waals surface area contributed by atoms with Crippen LogP contribution in [0.3, 0.4) is 0 Å². The monoisotopic (exact) mass is 925 g/mol. The van der Waals surface area contributed by atoms with Gasteiger partial charge in [-0.05, 0) is 51.5 Å². The van der Waals surface area contributed by atoms with E-state index in [1.54, 1.807) is 18.2 Å². The molecule has 6 rings (SSSR count). The van der Waals surface area contributed by atoms with Crippen molar-refractivity contribution >= 4 is 53.7 Å². The minimum Gasteiger partial charge on any atom is -0.465 e. The number of carbonyl (C=O) groups is 9. The molecule has 2 aromatic rings. The first-order valence-electron chi connectivity index (χ1n) is 20.9. The first-order chi connectivity index (χ1) is 30.8. The summed E-state index contributed by atoms with van der Waals surface area (Å²) < 4.78 is 60.7. The molecule has 1 unspecified atom stereocenters. The fourth-order valence-corrected chi connectivity index (χ4v) is 10.1. The lowest BCUT2D eigenvalue weighted by molar-refractivity contribution is -0.387. The van der Waals surface area contributed by atoms with E-state index in [1.807, 2.05) is 0 Å². The summed E-state index contributed by atoms with van der Waals surface area (Å²) in [6.45, 7) is 7.32. The summed E-state index contributed by atoms with van der Waals surface area (Å²) in [5.41, 5.74) is -13.2. The predicted octanol–water partition coefficient (Wildman–Crippen LogP) is 1.84. The van der Waals surface area contributed by atoms with Crippen LogP contribution in [0.25, 0.3) is 0 Å². The number of hydrogen-bond acceptors (Lipinski definition) is 21. The number of cyclic esters (lactones) is 1. The van der Waals surface area contributed by atoms with Crippen molar-refractivity contribution in [2.24, 2.45) is 11.3 Å². The number of carbonyl (C=O) groups excluding carboxylic acids is 9. The molecule has 21 heteroatoms. The van der Waals surface area contributed by atoms with E-state index in [1.165, 1.54) is 44.3 Å². The van der Waals surface area contributed by atoms with Crippen LogP contribution in [-0.2, 0) is 87.4 Å². The topological polar surface area (TPSA) is 279 Å². The summed E-state index contributed by atoms with van der Waals surface area (Å²) >= 11 is 0. The van der Waals surface area contributed by atoms with Crippen LogP contribution in [0.1, 0.15) is 95.1 Å². The van der Waals surface area contributed by atoms with Gasteiger partial charge in [-0.3, -0.25) is 33.8 Å². The van der Waals surface area contributed by atoms with Crippen LogP contribution in [0.4, 0.5) is 0 Å². The summed E-state index contributed by atoms with van der Waals surface area (Å²) in [6.07, 6.45) is -12.1. The van der Waals surface area contributed by atoms with Crippen molar-refractivity contribution in [3.63, 3.8) is 0 Å². The third-order valence-electron chi connectivity index (χ3n) is 12.5. The van der Waals surface area contributed by atoms with Crippen molar-refractivity contribution < 1.29 is 95.6 Å². The summed E-state index contributed by atoms with van der Waals surface area (Å²) in [7, 11) is 0. The zero-order valence-corrected chi connectivity index (χ0v) is 37.6. The molecular weight excluding hydrogens is 874 g/mol. The molecule has 21 nitrogen and oxygen atoms in total. The molecule has 1 aromatic carbocycles. The number of esters is 9. The lowest BCUT2D eigenvalue weighted by Crippen LogP contribution is -2.89. The Balaban J connectivity index is 1.76. The van der Waals surface area contributed by atoms with Crippen LogP contribution in [0.2, 0.25) is 0 Å². The highest BCUT2D eigenvalue weighted by atomic mass is 16.7. The minimum atomic E-state index is -3.01. The maximum absolute atomic E-state index is 15.1. The fraction of sp³-hybridized carbons (Fsp3) is 0.556. The number of aryl methyl sites for hydroxylation is 1. The average molecular weight is 926 g/mol. The van der Waals surface area contributed by atoms with Crippen molar-refractivity contribution in [3.05, 3.63) is 65.5 Å². The largest absolute Gasteiger partial charge is 0.465 e. The molecule has 1 saturated heterocycles. The Labute approximate surface area is 377 Å². The number of pyridine rings is 1. The standard InChI is InChI=1S/C45H51NO20/c1-22(47)57-21-44-36(62-26(5)51)32(59-23(2)48)31-34(61-25(4)50)45(44)43(9,56)35(33(60-24(3)49)37(44)63-27(6)52)64-40(55)41(7,65-38(53)28-14-11-10-12-15-28)18-17-30-29(16-13-19-46-30)39(54)58-20-42(31,8)66-45/h10-16,19,31-37,56H,17-18,20-21H2,1-9H3/t31-,32-,33+,34-,35+,36-,37+,41?,42+,43+,44-,45+/m1/s1. The normalized spacial score (nSPS) is 34.6. The Bertz CT molecular complexity index is 2310. The van der Waals surface area contributed by atoms with Gasteiger partial charge in [0.05, 0.1) is 22.7 Å². The Kier molecular flexibility index (Phi) is 13.4. The van der Waals surface area contributed by atoms with Crippen molar-refractivity contribution in [2.45, 2.75) is 134 Å². The number of aromatic nitrogens is 1. The van der Waals surface area contributed by atoms with E-state index in [0.717, 1.165) is 48.5 Å². The number of nitrogens with zero attached hydrogens (tertiary/aromatic N) is 1. The highest BCUT2D eigenvalue weighted by Gasteiger charge is 2.92. The smallest absolute Gasteiger partial charge is 0.350 e. The second kappa shape index (κ2) is 18.1. The molecule has 1 spiro atoms. The Morgan fingerprint density at radius 1 is 0.727 bits per heavy atom. The fourth-order valence-electron chi connectivity index (χ4n) is 10.1. The van der Waals surface area contributed by atoms with Gasteiger partial charge in [0.15, 0.2) is 30.0 Å². The van der Waals surface area contributed by atoms with Crippen LogP contribution in [0, 0.1) is 11.3 Å². The van der Waals surface area contributed by atoms with Gasteiger partial charge >= 0.3 is 53.7 Å². The van der Waals surface area contributed by atoms with E-state index >= 15 is 4.79 Å². The van der Waals surface area contributed by atoms with Gasteiger partial charge in [0.2, 0.25) is 5.60 Å². The van der Waals surface area contributed by atoms with Crippen molar-refractivity contribution in [1.29, 1.82) is 0 Å². The Morgan fingerprint density at radius 3 is 1.86 bits per heavy atom. The molecule has 2 saturated carbocycles. The second-order valence-electron chi connectivity index (χ2n) is 17.3. The third kappa shape index (κ3) is 8.44. The lowest BCUT2D eigenvalue weighted by Gasteiger charge is -2.67. The SMILES string of the molecule is CC(=O)OC[C@]12[C@H](OC(C)=O)[C@H](OC(C)=O)[C@@H]3[C@@H](OC(C)=O)[C@@]14O[C@@]3(C)COC(=O)c1cccnc1CCC(C)(OC(=O)c1ccccc1)C(=O)O[C@@H]([C@H](OC(C)=O)[C@@H]2OC(C)=O)[C@]4(C)O. The number of rotatable bonds is 9. The number of benzene rings is 1. The van der Waals surface area contributed by atoms with Gasteiger partial charge in [0, 0.05) is 54.2 Å². The molecule has 0 radical (unpaired) electrons. The Hall–Kier alpha value is -6.48. The first-order valence-corrected chi connectivity index (χ1v) is 20.9. The van der Waals surface area contributed by atoms with Crippen LogP contribution < -0.4 is 0 Å². The molecule has 0 amide bonds. The van der Waals surface area contributed by atoms with E-state index in [0.29, 0.717) is 0 Å². The van der Waals surface area contributed by atoms with Gasteiger partial charge in [0.1, 0.15) is 42.0 Å². The van der Waals surface area contributed by atoms with Crippen LogP contribution in [-0.4, -0.2) is 136 Å². The van der Waals surface area contributed by atoms with Crippen molar-refractivity contribution in [3.8, 4) is 0 Å². The van der Waals surface area contributed by atoms with Crippen LogP contribution in [0.5, 0.6) is 0 Å². The quantitative estimate of drug-likeness (QED) is 0.277. The molecule has 12 atom stereocenters.